The summed E-state index contributed by atoms with van der Waals surface area (Å²) < 4.78 is 10.0. The molecular formula is C25H27N5O2. The highest BCUT2D eigenvalue weighted by Gasteiger charge is 2.24. The molecule has 1 aliphatic rings. The van der Waals surface area contributed by atoms with E-state index in [0.29, 0.717) is 6.42 Å². The van der Waals surface area contributed by atoms with Gasteiger partial charge in [0.2, 0.25) is 5.91 Å². The van der Waals surface area contributed by atoms with Gasteiger partial charge in [0.25, 0.3) is 0 Å². The van der Waals surface area contributed by atoms with Gasteiger partial charge in [-0.2, -0.15) is 5.10 Å². The molecule has 0 radical (unpaired) electrons. The van der Waals surface area contributed by atoms with Gasteiger partial charge in [0.15, 0.2) is 0 Å². The van der Waals surface area contributed by atoms with Crippen LogP contribution in [0.15, 0.2) is 61.2 Å². The molecule has 7 heteroatoms. The molecule has 1 aromatic carbocycles. The third kappa shape index (κ3) is 4.10. The maximum absolute atomic E-state index is 12.5. The largest absolute Gasteiger partial charge is 0.490 e. The number of amides is 1. The molecule has 164 valence electrons. The van der Waals surface area contributed by atoms with Gasteiger partial charge in [-0.25, -0.2) is 4.98 Å². The number of aromatic nitrogens is 4. The van der Waals surface area contributed by atoms with Crippen LogP contribution in [0.5, 0.6) is 5.75 Å². The Kier molecular flexibility index (Phi) is 5.39. The molecule has 0 N–H and O–H groups in total. The van der Waals surface area contributed by atoms with Crippen LogP contribution >= 0.6 is 0 Å². The van der Waals surface area contributed by atoms with Gasteiger partial charge in [0.05, 0.1) is 12.6 Å². The van der Waals surface area contributed by atoms with Gasteiger partial charge in [-0.05, 0) is 42.3 Å². The molecule has 0 saturated carbocycles. The summed E-state index contributed by atoms with van der Waals surface area (Å²) >= 11 is 0. The van der Waals surface area contributed by atoms with Crippen LogP contribution in [0.4, 0.5) is 0 Å². The average Bonchev–Trinajstić information content (AvgIpc) is 3.44. The number of benzene rings is 1. The van der Waals surface area contributed by atoms with Crippen LogP contribution in [0.25, 0.3) is 16.8 Å². The summed E-state index contributed by atoms with van der Waals surface area (Å²) in [5, 5.41) is 4.14. The number of piperidine rings is 1. The van der Waals surface area contributed by atoms with Gasteiger partial charge >= 0.3 is 0 Å². The van der Waals surface area contributed by atoms with E-state index < -0.39 is 0 Å². The first-order valence-electron chi connectivity index (χ1n) is 11.0. The second-order valence-electron chi connectivity index (χ2n) is 8.41. The van der Waals surface area contributed by atoms with Crippen LogP contribution in [-0.4, -0.2) is 49.2 Å². The van der Waals surface area contributed by atoms with Gasteiger partial charge in [-0.3, -0.25) is 9.48 Å². The van der Waals surface area contributed by atoms with Crippen molar-refractivity contribution in [3.05, 3.63) is 72.4 Å². The van der Waals surface area contributed by atoms with Gasteiger partial charge < -0.3 is 14.0 Å². The summed E-state index contributed by atoms with van der Waals surface area (Å²) in [5.41, 5.74) is 5.41. The van der Waals surface area contributed by atoms with Crippen LogP contribution in [0, 0.1) is 6.92 Å². The first kappa shape index (κ1) is 20.3. The third-order valence-corrected chi connectivity index (χ3v) is 6.20. The molecule has 5 rings (SSSR count). The molecule has 0 unspecified atom stereocenters. The first-order chi connectivity index (χ1) is 15.6. The fourth-order valence-electron chi connectivity index (χ4n) is 4.41. The topological polar surface area (TPSA) is 64.7 Å². The fraction of sp³-hybridized carbons (Fsp3) is 0.320. The van der Waals surface area contributed by atoms with Crippen LogP contribution in [-0.2, 0) is 18.3 Å². The SMILES string of the molecule is Cc1c(-c2ccc(OC3CCN(C(=O)Cc4cnn(C)c4)CC3)cc2)ccc2nccn12. The average molecular weight is 430 g/mol. The number of imidazole rings is 1. The zero-order valence-electron chi connectivity index (χ0n) is 18.4. The minimum atomic E-state index is 0.132. The summed E-state index contributed by atoms with van der Waals surface area (Å²) in [4.78, 5) is 18.8. The van der Waals surface area contributed by atoms with Crippen molar-refractivity contribution in [1.82, 2.24) is 24.1 Å². The zero-order valence-corrected chi connectivity index (χ0v) is 18.4. The molecule has 0 aliphatic carbocycles. The number of ether oxygens (including phenoxy) is 1. The number of nitrogens with zero attached hydrogens (tertiary/aromatic N) is 5. The van der Waals surface area contributed by atoms with Crippen molar-refractivity contribution < 1.29 is 9.53 Å². The van der Waals surface area contributed by atoms with Crippen molar-refractivity contribution in [3.63, 3.8) is 0 Å². The van der Waals surface area contributed by atoms with Crippen LogP contribution < -0.4 is 4.74 Å². The molecule has 4 heterocycles. The summed E-state index contributed by atoms with van der Waals surface area (Å²) in [6.45, 7) is 3.57. The molecule has 32 heavy (non-hydrogen) atoms. The van der Waals surface area contributed by atoms with E-state index >= 15 is 0 Å². The molecule has 7 nitrogen and oxygen atoms in total. The number of aryl methyl sites for hydroxylation is 2. The number of pyridine rings is 1. The zero-order chi connectivity index (χ0) is 22.1. The minimum Gasteiger partial charge on any atom is -0.490 e. The van der Waals surface area contributed by atoms with Crippen LogP contribution in [0.2, 0.25) is 0 Å². The lowest BCUT2D eigenvalue weighted by Gasteiger charge is -2.32. The number of fused-ring (bicyclic) bond motifs is 1. The molecule has 0 spiro atoms. The quantitative estimate of drug-likeness (QED) is 0.486. The highest BCUT2D eigenvalue weighted by Crippen LogP contribution is 2.27. The smallest absolute Gasteiger partial charge is 0.227 e. The Morgan fingerprint density at radius 3 is 2.62 bits per heavy atom. The van der Waals surface area contributed by atoms with Gasteiger partial charge in [-0.1, -0.05) is 12.1 Å². The minimum absolute atomic E-state index is 0.132. The fourth-order valence-corrected chi connectivity index (χ4v) is 4.41. The summed E-state index contributed by atoms with van der Waals surface area (Å²) in [7, 11) is 1.86. The van der Waals surface area contributed by atoms with Gasteiger partial charge in [0.1, 0.15) is 17.5 Å². The number of rotatable bonds is 5. The number of carbonyl (C=O) groups is 1. The molecule has 0 atom stereocenters. The number of hydrogen-bond donors (Lipinski definition) is 0. The Labute approximate surface area is 187 Å². The summed E-state index contributed by atoms with van der Waals surface area (Å²) in [6.07, 6.45) is 9.69. The summed E-state index contributed by atoms with van der Waals surface area (Å²) in [5.74, 6) is 1.03. The van der Waals surface area contributed by atoms with Crippen LogP contribution in [0.1, 0.15) is 24.1 Å². The van der Waals surface area contributed by atoms with Crippen molar-refractivity contribution in [2.24, 2.45) is 7.05 Å². The second kappa shape index (κ2) is 8.49. The van der Waals surface area contributed by atoms with Crippen LogP contribution in [0.3, 0.4) is 0 Å². The molecule has 3 aromatic heterocycles. The Hall–Kier alpha value is -3.61. The van der Waals surface area contributed by atoms with Crippen molar-refractivity contribution >= 4 is 11.6 Å². The Morgan fingerprint density at radius 1 is 1.12 bits per heavy atom. The van der Waals surface area contributed by atoms with E-state index in [-0.39, 0.29) is 12.0 Å². The van der Waals surface area contributed by atoms with E-state index in [1.807, 2.05) is 48.7 Å². The summed E-state index contributed by atoms with van der Waals surface area (Å²) in [6, 6.07) is 12.4. The molecule has 0 bridgehead atoms. The van der Waals surface area contributed by atoms with Crippen molar-refractivity contribution in [2.45, 2.75) is 32.3 Å². The van der Waals surface area contributed by atoms with E-state index in [9.17, 15) is 4.79 Å². The molecule has 1 amide bonds. The monoisotopic (exact) mass is 429 g/mol. The Balaban J connectivity index is 1.17. The van der Waals surface area contributed by atoms with E-state index in [1.165, 1.54) is 5.56 Å². The normalized spacial score (nSPS) is 14.8. The van der Waals surface area contributed by atoms with Crippen molar-refractivity contribution in [2.75, 3.05) is 13.1 Å². The number of carbonyl (C=O) groups excluding carboxylic acids is 1. The molecule has 4 aromatic rings. The third-order valence-electron chi connectivity index (χ3n) is 6.20. The molecule has 1 aliphatic heterocycles. The second-order valence-corrected chi connectivity index (χ2v) is 8.41. The van der Waals surface area contributed by atoms with E-state index in [4.69, 9.17) is 4.74 Å². The van der Waals surface area contributed by atoms with E-state index in [0.717, 1.165) is 54.1 Å². The molecular weight excluding hydrogens is 402 g/mol. The highest BCUT2D eigenvalue weighted by atomic mass is 16.5. The van der Waals surface area contributed by atoms with Crippen molar-refractivity contribution in [3.8, 4) is 16.9 Å². The Bertz CT molecular complexity index is 1230. The Morgan fingerprint density at radius 2 is 1.91 bits per heavy atom. The van der Waals surface area contributed by atoms with Gasteiger partial charge in [0, 0.05) is 62.8 Å². The van der Waals surface area contributed by atoms with E-state index in [1.54, 1.807) is 10.9 Å². The lowest BCUT2D eigenvalue weighted by molar-refractivity contribution is -0.132. The predicted molar refractivity (Wildman–Crippen MR) is 123 cm³/mol. The van der Waals surface area contributed by atoms with Crippen molar-refractivity contribution in [1.29, 1.82) is 0 Å². The maximum atomic E-state index is 12.5. The van der Waals surface area contributed by atoms with E-state index in [2.05, 4.69) is 39.6 Å². The highest BCUT2D eigenvalue weighted by molar-refractivity contribution is 5.78. The molecule has 1 fully saturated rings. The molecule has 1 saturated heterocycles. The lowest BCUT2D eigenvalue weighted by atomic mass is 10.0. The lowest BCUT2D eigenvalue weighted by Crippen LogP contribution is -2.42. The predicted octanol–water partition coefficient (Wildman–Crippen LogP) is 3.66. The number of hydrogen-bond acceptors (Lipinski definition) is 4. The standard InChI is InChI=1S/C25H27N5O2/c1-18-23(7-8-24-26-11-14-30(18)24)20-3-5-21(6-4-20)32-22-9-12-29(13-10-22)25(31)15-19-16-27-28(2)17-19/h3-8,11,14,16-17,22H,9-10,12-13,15H2,1-2H3. The maximum Gasteiger partial charge on any atom is 0.227 e. The number of likely N-dealkylation sites (tertiary alicyclic amines) is 1. The first-order valence-corrected chi connectivity index (χ1v) is 11.0. The van der Waals surface area contributed by atoms with Gasteiger partial charge in [-0.15, -0.1) is 0 Å².